The van der Waals surface area contributed by atoms with Gasteiger partial charge in [-0.15, -0.1) is 0 Å². The molecule has 1 amide bonds. The Kier molecular flexibility index (Phi) is 4.80. The number of rotatable bonds is 4. The summed E-state index contributed by atoms with van der Waals surface area (Å²) in [5.74, 6) is 0.0287. The van der Waals surface area contributed by atoms with Crippen molar-refractivity contribution in [2.45, 2.75) is 19.9 Å². The molecule has 6 nitrogen and oxygen atoms in total. The minimum atomic E-state index is -0.259. The van der Waals surface area contributed by atoms with E-state index in [-0.39, 0.29) is 17.8 Å². The Bertz CT molecular complexity index is 693. The number of aromatic nitrogens is 1. The van der Waals surface area contributed by atoms with Crippen LogP contribution in [-0.2, 0) is 4.79 Å². The molecule has 0 aliphatic carbocycles. The van der Waals surface area contributed by atoms with Crippen LogP contribution in [0, 0.1) is 12.7 Å². The Balaban J connectivity index is 1.53. The maximum absolute atomic E-state index is 13.0. The number of hydrogen-bond donors (Lipinski definition) is 1. The van der Waals surface area contributed by atoms with Crippen molar-refractivity contribution in [3.63, 3.8) is 0 Å². The second kappa shape index (κ2) is 7.00. The first-order valence-electron chi connectivity index (χ1n) is 8.01. The first kappa shape index (κ1) is 16.4. The fourth-order valence-electron chi connectivity index (χ4n) is 2.83. The molecule has 7 heteroatoms. The third-order valence-electron chi connectivity index (χ3n) is 4.31. The molecule has 0 saturated carbocycles. The van der Waals surface area contributed by atoms with Crippen LogP contribution in [0.15, 0.2) is 34.9 Å². The number of nitrogens with one attached hydrogen (secondary N) is 1. The molecule has 3 rings (SSSR count). The first-order chi connectivity index (χ1) is 11.5. The summed E-state index contributed by atoms with van der Waals surface area (Å²) in [6.07, 6.45) is 0. The molecule has 1 aliphatic heterocycles. The summed E-state index contributed by atoms with van der Waals surface area (Å²) in [7, 11) is 0. The van der Waals surface area contributed by atoms with E-state index in [1.165, 1.54) is 12.1 Å². The Morgan fingerprint density at radius 3 is 2.50 bits per heavy atom. The standard InChI is InChI=1S/C17H21FN4O2/c1-12-11-16(24-20-12)19-17(23)13(2)21-7-9-22(10-8-21)15-5-3-14(18)4-6-15/h3-6,11,13H,7-10H2,1-2H3,(H,19,23)/t13-/m1/s1. The van der Waals surface area contributed by atoms with Gasteiger partial charge in [0.2, 0.25) is 11.8 Å². The number of aryl methyl sites for hydroxylation is 1. The maximum Gasteiger partial charge on any atom is 0.243 e. The van der Waals surface area contributed by atoms with Crippen LogP contribution in [0.4, 0.5) is 16.0 Å². The van der Waals surface area contributed by atoms with Gasteiger partial charge in [-0.1, -0.05) is 5.16 Å². The van der Waals surface area contributed by atoms with E-state index >= 15 is 0 Å². The molecule has 0 spiro atoms. The molecule has 2 heterocycles. The molecule has 24 heavy (non-hydrogen) atoms. The number of halogens is 1. The zero-order chi connectivity index (χ0) is 17.1. The highest BCUT2D eigenvalue weighted by molar-refractivity contribution is 5.93. The molecule has 0 bridgehead atoms. The van der Waals surface area contributed by atoms with E-state index in [0.717, 1.165) is 37.6 Å². The lowest BCUT2D eigenvalue weighted by Crippen LogP contribution is -2.52. The van der Waals surface area contributed by atoms with Crippen LogP contribution >= 0.6 is 0 Å². The summed E-state index contributed by atoms with van der Waals surface area (Å²) in [5.41, 5.74) is 1.73. The van der Waals surface area contributed by atoms with Gasteiger partial charge in [0.25, 0.3) is 0 Å². The van der Waals surface area contributed by atoms with E-state index in [2.05, 4.69) is 20.3 Å². The summed E-state index contributed by atoms with van der Waals surface area (Å²) >= 11 is 0. The number of hydrogen-bond acceptors (Lipinski definition) is 5. The summed E-state index contributed by atoms with van der Waals surface area (Å²) < 4.78 is 18.0. The zero-order valence-electron chi connectivity index (χ0n) is 13.8. The minimum absolute atomic E-state index is 0.110. The molecule has 1 aliphatic rings. The van der Waals surface area contributed by atoms with Crippen molar-refractivity contribution in [3.8, 4) is 0 Å². The van der Waals surface area contributed by atoms with Crippen molar-refractivity contribution < 1.29 is 13.7 Å². The van der Waals surface area contributed by atoms with Crippen molar-refractivity contribution in [2.24, 2.45) is 0 Å². The zero-order valence-corrected chi connectivity index (χ0v) is 13.8. The number of benzene rings is 1. The van der Waals surface area contributed by atoms with Crippen LogP contribution in [0.2, 0.25) is 0 Å². The van der Waals surface area contributed by atoms with Gasteiger partial charge in [-0.2, -0.15) is 0 Å². The van der Waals surface area contributed by atoms with Crippen LogP contribution < -0.4 is 10.2 Å². The third-order valence-corrected chi connectivity index (χ3v) is 4.31. The number of carbonyl (C=O) groups is 1. The van der Waals surface area contributed by atoms with Crippen LogP contribution in [0.3, 0.4) is 0 Å². The van der Waals surface area contributed by atoms with E-state index in [4.69, 9.17) is 4.52 Å². The Morgan fingerprint density at radius 2 is 1.92 bits per heavy atom. The van der Waals surface area contributed by atoms with Crippen LogP contribution in [0.5, 0.6) is 0 Å². The fraction of sp³-hybridized carbons (Fsp3) is 0.412. The van der Waals surface area contributed by atoms with Crippen molar-refractivity contribution >= 4 is 17.5 Å². The van der Waals surface area contributed by atoms with Gasteiger partial charge in [0.1, 0.15) is 5.82 Å². The molecular weight excluding hydrogens is 311 g/mol. The average molecular weight is 332 g/mol. The lowest BCUT2D eigenvalue weighted by Gasteiger charge is -2.38. The molecule has 1 fully saturated rings. The predicted molar refractivity (Wildman–Crippen MR) is 89.5 cm³/mol. The number of piperazine rings is 1. The quantitative estimate of drug-likeness (QED) is 0.931. The van der Waals surface area contributed by atoms with Crippen LogP contribution in [0.1, 0.15) is 12.6 Å². The number of amides is 1. The normalized spacial score (nSPS) is 16.9. The highest BCUT2D eigenvalue weighted by atomic mass is 19.1. The lowest BCUT2D eigenvalue weighted by molar-refractivity contribution is -0.121. The highest BCUT2D eigenvalue weighted by Crippen LogP contribution is 2.18. The molecule has 128 valence electrons. The van der Waals surface area contributed by atoms with Crippen LogP contribution in [0.25, 0.3) is 0 Å². The summed E-state index contributed by atoms with van der Waals surface area (Å²) in [6.45, 7) is 6.81. The SMILES string of the molecule is Cc1cc(NC(=O)[C@@H](C)N2CCN(c3ccc(F)cc3)CC2)on1. The van der Waals surface area contributed by atoms with Gasteiger partial charge in [-0.25, -0.2) is 4.39 Å². The van der Waals surface area contributed by atoms with Gasteiger partial charge < -0.3 is 9.42 Å². The highest BCUT2D eigenvalue weighted by Gasteiger charge is 2.26. The summed E-state index contributed by atoms with van der Waals surface area (Å²) in [5, 5.41) is 6.50. The van der Waals surface area contributed by atoms with Crippen molar-refractivity contribution in [3.05, 3.63) is 41.8 Å². The largest absolute Gasteiger partial charge is 0.369 e. The van der Waals surface area contributed by atoms with E-state index in [1.807, 2.05) is 6.92 Å². The van der Waals surface area contributed by atoms with Gasteiger partial charge in [0.05, 0.1) is 11.7 Å². The van der Waals surface area contributed by atoms with Gasteiger partial charge in [0, 0.05) is 37.9 Å². The number of carbonyl (C=O) groups excluding carboxylic acids is 1. The minimum Gasteiger partial charge on any atom is -0.369 e. The average Bonchev–Trinajstić information content (AvgIpc) is 3.00. The Labute approximate surface area is 140 Å². The lowest BCUT2D eigenvalue weighted by atomic mass is 10.2. The molecule has 0 unspecified atom stereocenters. The second-order valence-corrected chi connectivity index (χ2v) is 6.00. The predicted octanol–water partition coefficient (Wildman–Crippen LogP) is 2.27. The van der Waals surface area contributed by atoms with Gasteiger partial charge in [0.15, 0.2) is 0 Å². The number of nitrogens with zero attached hydrogens (tertiary/aromatic N) is 3. The van der Waals surface area contributed by atoms with Gasteiger partial charge >= 0.3 is 0 Å². The topological polar surface area (TPSA) is 61.6 Å². The van der Waals surface area contributed by atoms with Crippen molar-refractivity contribution in [1.82, 2.24) is 10.1 Å². The summed E-state index contributed by atoms with van der Waals surface area (Å²) in [6, 6.07) is 7.94. The van der Waals surface area contributed by atoms with Crippen molar-refractivity contribution in [2.75, 3.05) is 36.4 Å². The van der Waals surface area contributed by atoms with E-state index in [0.29, 0.717) is 5.88 Å². The van der Waals surface area contributed by atoms with E-state index in [1.54, 1.807) is 25.1 Å². The van der Waals surface area contributed by atoms with Crippen molar-refractivity contribution in [1.29, 1.82) is 0 Å². The first-order valence-corrected chi connectivity index (χ1v) is 8.01. The number of anilines is 2. The fourth-order valence-corrected chi connectivity index (χ4v) is 2.83. The van der Waals surface area contributed by atoms with Gasteiger partial charge in [-0.3, -0.25) is 15.0 Å². The van der Waals surface area contributed by atoms with Gasteiger partial charge in [-0.05, 0) is 38.1 Å². The molecule has 2 aromatic rings. The molecule has 1 aromatic carbocycles. The monoisotopic (exact) mass is 332 g/mol. The molecule has 1 N–H and O–H groups in total. The molecule has 1 atom stereocenters. The van der Waals surface area contributed by atoms with E-state index < -0.39 is 0 Å². The smallest absolute Gasteiger partial charge is 0.243 e. The molecular formula is C17H21FN4O2. The van der Waals surface area contributed by atoms with E-state index in [9.17, 15) is 9.18 Å². The molecule has 0 radical (unpaired) electrons. The third kappa shape index (κ3) is 3.73. The molecule has 1 saturated heterocycles. The summed E-state index contributed by atoms with van der Waals surface area (Å²) in [4.78, 5) is 16.6. The Hall–Kier alpha value is -2.41. The maximum atomic E-state index is 13.0. The molecule has 1 aromatic heterocycles. The second-order valence-electron chi connectivity index (χ2n) is 6.00. The van der Waals surface area contributed by atoms with Crippen LogP contribution in [-0.4, -0.2) is 48.2 Å². The Morgan fingerprint density at radius 1 is 1.25 bits per heavy atom.